The molecular weight excluding hydrogens is 307 g/mol. The van der Waals surface area contributed by atoms with Crippen molar-refractivity contribution in [3.05, 3.63) is 47.5 Å². The van der Waals surface area contributed by atoms with Gasteiger partial charge in [0.25, 0.3) is 0 Å². The number of benzene rings is 1. The average molecular weight is 326 g/mol. The van der Waals surface area contributed by atoms with Crippen LogP contribution in [0.2, 0.25) is 0 Å². The molecule has 3 unspecified atom stereocenters. The van der Waals surface area contributed by atoms with E-state index in [0.717, 1.165) is 18.4 Å². The highest BCUT2D eigenvalue weighted by atomic mass is 19.1. The van der Waals surface area contributed by atoms with Crippen molar-refractivity contribution in [3.8, 4) is 6.07 Å². The maximum absolute atomic E-state index is 14.9. The summed E-state index contributed by atoms with van der Waals surface area (Å²) in [5, 5.41) is 12.6. The zero-order chi connectivity index (χ0) is 16.9. The van der Waals surface area contributed by atoms with Gasteiger partial charge in [-0.15, -0.1) is 0 Å². The first kappa shape index (κ1) is 15.2. The van der Waals surface area contributed by atoms with Gasteiger partial charge in [0.15, 0.2) is 5.78 Å². The molecule has 2 heterocycles. The van der Waals surface area contributed by atoms with Gasteiger partial charge in [-0.05, 0) is 30.5 Å². The Kier molecular flexibility index (Phi) is 3.36. The van der Waals surface area contributed by atoms with Gasteiger partial charge in [0.05, 0.1) is 17.8 Å². The molecule has 1 aromatic rings. The summed E-state index contributed by atoms with van der Waals surface area (Å²) in [4.78, 5) is 16.2. The molecule has 1 saturated heterocycles. The van der Waals surface area contributed by atoms with E-state index in [4.69, 9.17) is 5.26 Å². The van der Waals surface area contributed by atoms with Crippen molar-refractivity contribution in [2.45, 2.75) is 37.0 Å². The Morgan fingerprint density at radius 2 is 2.29 bits per heavy atom. The summed E-state index contributed by atoms with van der Waals surface area (Å²) < 4.78 is 14.9. The van der Waals surface area contributed by atoms with Gasteiger partial charge in [-0.3, -0.25) is 10.1 Å². The smallest absolute Gasteiger partial charge is 0.208 e. The van der Waals surface area contributed by atoms with Crippen molar-refractivity contribution in [2.75, 3.05) is 13.6 Å². The highest BCUT2D eigenvalue weighted by Gasteiger charge is 2.61. The van der Waals surface area contributed by atoms with Crippen LogP contribution >= 0.6 is 0 Å². The van der Waals surface area contributed by atoms with Gasteiger partial charge in [-0.25, -0.2) is 0 Å². The van der Waals surface area contributed by atoms with E-state index < -0.39 is 17.7 Å². The van der Waals surface area contributed by atoms with Crippen LogP contribution in [-0.2, 0) is 4.79 Å². The van der Waals surface area contributed by atoms with Crippen LogP contribution in [-0.4, -0.2) is 40.8 Å². The van der Waals surface area contributed by atoms with Gasteiger partial charge in [0.1, 0.15) is 11.7 Å². The second kappa shape index (κ2) is 5.32. The third kappa shape index (κ3) is 1.98. The monoisotopic (exact) mass is 326 g/mol. The summed E-state index contributed by atoms with van der Waals surface area (Å²) in [5.74, 6) is -0.304. The fourth-order valence-electron chi connectivity index (χ4n) is 4.42. The van der Waals surface area contributed by atoms with Crippen molar-refractivity contribution in [1.29, 1.82) is 5.26 Å². The van der Waals surface area contributed by atoms with E-state index in [9.17, 15) is 9.18 Å². The van der Waals surface area contributed by atoms with Crippen molar-refractivity contribution < 1.29 is 9.18 Å². The van der Waals surface area contributed by atoms with Crippen LogP contribution in [0.25, 0.3) is 0 Å². The number of carbonyl (C=O) groups is 1. The summed E-state index contributed by atoms with van der Waals surface area (Å²) >= 11 is 0. The maximum Gasteiger partial charge on any atom is 0.208 e. The number of carbonyl (C=O) groups excluding carboxylic acids is 1. The summed E-state index contributed by atoms with van der Waals surface area (Å²) in [6, 6.07) is 9.19. The lowest BCUT2D eigenvalue weighted by Gasteiger charge is -2.48. The second-order valence-electron chi connectivity index (χ2n) is 6.84. The Hall–Kier alpha value is -2.39. The molecule has 0 amide bonds. The first-order valence-electron chi connectivity index (χ1n) is 8.22. The summed E-state index contributed by atoms with van der Waals surface area (Å²) in [7, 11) is 1.80. The zero-order valence-electron chi connectivity index (χ0n) is 13.5. The van der Waals surface area contributed by atoms with Crippen molar-refractivity contribution in [3.63, 3.8) is 0 Å². The van der Waals surface area contributed by atoms with Gasteiger partial charge in [-0.2, -0.15) is 9.65 Å². The molecule has 2 aliphatic heterocycles. The standard InChI is InChI=1S/C18H19FN4O/c1-22-10-16(19)23-17(13-5-2-4-12(8-13)9-20)21-14-6-3-7-15(24)18(14,23)11-22/h2,4-5,8,10,14,17,21H,3,6-7,11H2,1H3. The Labute approximate surface area is 140 Å². The molecule has 6 heteroatoms. The zero-order valence-corrected chi connectivity index (χ0v) is 13.5. The molecule has 24 heavy (non-hydrogen) atoms. The largest absolute Gasteiger partial charge is 0.374 e. The van der Waals surface area contributed by atoms with Crippen molar-refractivity contribution in [1.82, 2.24) is 15.1 Å². The van der Waals surface area contributed by atoms with E-state index >= 15 is 0 Å². The summed E-state index contributed by atoms with van der Waals surface area (Å²) in [6.45, 7) is 0.478. The SMILES string of the molecule is CN1C=C(F)N2C(c3cccc(C#N)c3)NC3CCCC(=O)C32C1. The molecule has 0 aromatic heterocycles. The number of rotatable bonds is 1. The minimum absolute atomic E-state index is 0.0867. The van der Waals surface area contributed by atoms with Crippen molar-refractivity contribution in [2.24, 2.45) is 0 Å². The number of Topliss-reactive ketones (excluding diaryl/α,β-unsaturated/α-hetero) is 1. The van der Waals surface area contributed by atoms with Crippen LogP contribution < -0.4 is 5.32 Å². The van der Waals surface area contributed by atoms with Gasteiger partial charge < -0.3 is 9.80 Å². The van der Waals surface area contributed by atoms with Gasteiger partial charge in [0.2, 0.25) is 5.95 Å². The van der Waals surface area contributed by atoms with Gasteiger partial charge in [-0.1, -0.05) is 12.1 Å². The quantitative estimate of drug-likeness (QED) is 0.800. The molecule has 0 bridgehead atoms. The topological polar surface area (TPSA) is 59.4 Å². The molecule has 2 fully saturated rings. The molecular formula is C18H19FN4O. The van der Waals surface area contributed by atoms with Crippen LogP contribution in [0.5, 0.6) is 0 Å². The summed E-state index contributed by atoms with van der Waals surface area (Å²) in [5.41, 5.74) is 0.478. The van der Waals surface area contributed by atoms with E-state index in [-0.39, 0.29) is 11.8 Å². The second-order valence-corrected chi connectivity index (χ2v) is 6.84. The lowest BCUT2D eigenvalue weighted by Crippen LogP contribution is -2.65. The number of halogens is 1. The molecule has 5 nitrogen and oxygen atoms in total. The molecule has 124 valence electrons. The van der Waals surface area contributed by atoms with E-state index in [1.54, 1.807) is 35.0 Å². The highest BCUT2D eigenvalue weighted by molar-refractivity contribution is 5.91. The third-order valence-electron chi connectivity index (χ3n) is 5.38. The predicted octanol–water partition coefficient (Wildman–Crippen LogP) is 2.04. The first-order chi connectivity index (χ1) is 11.6. The number of nitriles is 1. The third-order valence-corrected chi connectivity index (χ3v) is 5.38. The molecule has 1 aliphatic carbocycles. The minimum Gasteiger partial charge on any atom is -0.374 e. The van der Waals surface area contributed by atoms with Gasteiger partial charge in [0, 0.05) is 26.1 Å². The molecule has 1 saturated carbocycles. The highest BCUT2D eigenvalue weighted by Crippen LogP contribution is 2.47. The van der Waals surface area contributed by atoms with Gasteiger partial charge >= 0.3 is 0 Å². The number of likely N-dealkylation sites (N-methyl/N-ethyl adjacent to an activating group) is 1. The Balaban J connectivity index is 1.84. The Morgan fingerprint density at radius 1 is 1.46 bits per heavy atom. The molecule has 4 rings (SSSR count). The fourth-order valence-corrected chi connectivity index (χ4v) is 4.42. The summed E-state index contributed by atoms with van der Waals surface area (Å²) in [6.07, 6.45) is 3.17. The first-order valence-corrected chi connectivity index (χ1v) is 8.22. The Morgan fingerprint density at radius 3 is 3.08 bits per heavy atom. The number of ketones is 1. The lowest BCUT2D eigenvalue weighted by molar-refractivity contribution is -0.135. The Bertz CT molecular complexity index is 771. The normalized spacial score (nSPS) is 32.0. The molecule has 0 radical (unpaired) electrons. The van der Waals surface area contributed by atoms with Crippen LogP contribution in [0.3, 0.4) is 0 Å². The van der Waals surface area contributed by atoms with E-state index in [1.165, 1.54) is 6.20 Å². The van der Waals surface area contributed by atoms with Crippen LogP contribution in [0.15, 0.2) is 36.4 Å². The molecule has 3 atom stereocenters. The average Bonchev–Trinajstić information content (AvgIpc) is 2.92. The number of nitrogens with one attached hydrogen (secondary N) is 1. The molecule has 1 spiro atoms. The van der Waals surface area contributed by atoms with Crippen LogP contribution in [0.1, 0.15) is 36.6 Å². The predicted molar refractivity (Wildman–Crippen MR) is 86.1 cm³/mol. The van der Waals surface area contributed by atoms with E-state index in [2.05, 4.69) is 11.4 Å². The molecule has 3 aliphatic rings. The number of hydrogen-bond acceptors (Lipinski definition) is 5. The molecule has 1 aromatic carbocycles. The fraction of sp³-hybridized carbons (Fsp3) is 0.444. The van der Waals surface area contributed by atoms with Crippen LogP contribution in [0, 0.1) is 11.3 Å². The number of hydrogen-bond donors (Lipinski definition) is 1. The van der Waals surface area contributed by atoms with Crippen molar-refractivity contribution >= 4 is 5.78 Å². The van der Waals surface area contributed by atoms with Crippen LogP contribution in [0.4, 0.5) is 4.39 Å². The molecule has 1 N–H and O–H groups in total. The number of nitrogens with zero attached hydrogens (tertiary/aromatic N) is 3. The van der Waals surface area contributed by atoms with E-state index in [0.29, 0.717) is 18.5 Å². The van der Waals surface area contributed by atoms with E-state index in [1.807, 2.05) is 6.07 Å². The lowest BCUT2D eigenvalue weighted by atomic mass is 9.75. The maximum atomic E-state index is 14.9. The minimum atomic E-state index is -0.862.